The van der Waals surface area contributed by atoms with Crippen LogP contribution >= 0.6 is 0 Å². The van der Waals surface area contributed by atoms with Gasteiger partial charge in [-0.15, -0.1) is 0 Å². The molecule has 1 aliphatic carbocycles. The summed E-state index contributed by atoms with van der Waals surface area (Å²) >= 11 is 0. The van der Waals surface area contributed by atoms with E-state index in [0.29, 0.717) is 17.3 Å². The highest BCUT2D eigenvalue weighted by Crippen LogP contribution is 2.29. The van der Waals surface area contributed by atoms with Gasteiger partial charge >= 0.3 is 0 Å². The first-order valence-electron chi connectivity index (χ1n) is 6.77. The molecule has 0 saturated heterocycles. The zero-order valence-electron chi connectivity index (χ0n) is 10.9. The van der Waals surface area contributed by atoms with Crippen molar-refractivity contribution in [2.45, 2.75) is 45.1 Å². The maximum atomic E-state index is 8.81. The van der Waals surface area contributed by atoms with Gasteiger partial charge in [-0.25, -0.2) is 0 Å². The maximum Gasteiger partial charge on any atom is 0.0992 e. The molecule has 3 N–H and O–H groups in total. The van der Waals surface area contributed by atoms with Crippen LogP contribution in [0.5, 0.6) is 0 Å². The van der Waals surface area contributed by atoms with Gasteiger partial charge in [0, 0.05) is 6.04 Å². The van der Waals surface area contributed by atoms with Gasteiger partial charge in [0.2, 0.25) is 0 Å². The highest BCUT2D eigenvalue weighted by Gasteiger charge is 2.20. The number of hydrogen-bond donors (Lipinski definition) is 2. The second kappa shape index (κ2) is 5.77. The number of benzene rings is 1. The highest BCUT2D eigenvalue weighted by molar-refractivity contribution is 5.68. The summed E-state index contributed by atoms with van der Waals surface area (Å²) in [5.41, 5.74) is 8.19. The van der Waals surface area contributed by atoms with Gasteiger partial charge in [0.25, 0.3) is 0 Å². The molecule has 1 aromatic rings. The molecule has 2 rings (SSSR count). The van der Waals surface area contributed by atoms with Gasteiger partial charge in [-0.2, -0.15) is 5.26 Å². The van der Waals surface area contributed by atoms with Gasteiger partial charge in [0.05, 0.1) is 23.0 Å². The lowest BCUT2D eigenvalue weighted by molar-refractivity contribution is 0.328. The van der Waals surface area contributed by atoms with Crippen molar-refractivity contribution in [3.63, 3.8) is 0 Å². The molecule has 0 aromatic heterocycles. The molecule has 18 heavy (non-hydrogen) atoms. The minimum absolute atomic E-state index is 0.445. The Morgan fingerprint density at radius 1 is 1.33 bits per heavy atom. The summed E-state index contributed by atoms with van der Waals surface area (Å²) < 4.78 is 0. The summed E-state index contributed by atoms with van der Waals surface area (Å²) in [4.78, 5) is 0. The zero-order valence-corrected chi connectivity index (χ0v) is 10.9. The number of nitriles is 1. The molecule has 1 aliphatic rings. The van der Waals surface area contributed by atoms with Crippen LogP contribution in [-0.4, -0.2) is 6.04 Å². The van der Waals surface area contributed by atoms with E-state index in [1.165, 1.54) is 32.1 Å². The van der Waals surface area contributed by atoms with E-state index in [1.807, 2.05) is 12.1 Å². The SMILES string of the molecule is CC(Nc1ccc(C#N)cc1N)C1CCCCC1. The molecule has 0 spiro atoms. The molecule has 0 radical (unpaired) electrons. The van der Waals surface area contributed by atoms with Crippen LogP contribution in [0.2, 0.25) is 0 Å². The normalized spacial score (nSPS) is 18.0. The minimum Gasteiger partial charge on any atom is -0.397 e. The fraction of sp³-hybridized carbons (Fsp3) is 0.533. The van der Waals surface area contributed by atoms with Crippen molar-refractivity contribution in [1.29, 1.82) is 5.26 Å². The van der Waals surface area contributed by atoms with Gasteiger partial charge in [-0.1, -0.05) is 19.3 Å². The fourth-order valence-electron chi connectivity index (χ4n) is 2.76. The summed E-state index contributed by atoms with van der Waals surface area (Å²) in [6.45, 7) is 2.23. The van der Waals surface area contributed by atoms with Gasteiger partial charge in [0.15, 0.2) is 0 Å². The molecule has 1 saturated carbocycles. The summed E-state index contributed by atoms with van der Waals surface area (Å²) in [5.74, 6) is 0.744. The molecule has 1 fully saturated rings. The van der Waals surface area contributed by atoms with Crippen molar-refractivity contribution in [3.05, 3.63) is 23.8 Å². The molecule has 1 aromatic carbocycles. The number of anilines is 2. The van der Waals surface area contributed by atoms with Crippen LogP contribution in [0.1, 0.15) is 44.6 Å². The van der Waals surface area contributed by atoms with Gasteiger partial charge < -0.3 is 11.1 Å². The van der Waals surface area contributed by atoms with Crippen LogP contribution < -0.4 is 11.1 Å². The first-order valence-corrected chi connectivity index (χ1v) is 6.77. The lowest BCUT2D eigenvalue weighted by Crippen LogP contribution is -2.28. The molecular weight excluding hydrogens is 222 g/mol. The Kier molecular flexibility index (Phi) is 4.09. The number of rotatable bonds is 3. The van der Waals surface area contributed by atoms with E-state index in [4.69, 9.17) is 11.0 Å². The largest absolute Gasteiger partial charge is 0.397 e. The van der Waals surface area contributed by atoms with E-state index in [0.717, 1.165) is 11.6 Å². The molecule has 1 atom stereocenters. The third-order valence-electron chi connectivity index (χ3n) is 3.92. The first kappa shape index (κ1) is 12.8. The number of nitrogens with one attached hydrogen (secondary N) is 1. The fourth-order valence-corrected chi connectivity index (χ4v) is 2.76. The Labute approximate surface area is 109 Å². The van der Waals surface area contributed by atoms with E-state index < -0.39 is 0 Å². The predicted octanol–water partition coefficient (Wildman–Crippen LogP) is 3.52. The summed E-state index contributed by atoms with van der Waals surface area (Å²) in [6.07, 6.45) is 6.69. The molecule has 1 unspecified atom stereocenters. The van der Waals surface area contributed by atoms with Crippen LogP contribution in [0.3, 0.4) is 0 Å². The van der Waals surface area contributed by atoms with E-state index >= 15 is 0 Å². The van der Waals surface area contributed by atoms with E-state index in [-0.39, 0.29) is 0 Å². The summed E-state index contributed by atoms with van der Waals surface area (Å²) in [6, 6.07) is 8.00. The predicted molar refractivity (Wildman–Crippen MR) is 75.2 cm³/mol. The topological polar surface area (TPSA) is 61.8 Å². The Hall–Kier alpha value is -1.69. The molecule has 3 heteroatoms. The lowest BCUT2D eigenvalue weighted by atomic mass is 9.84. The Morgan fingerprint density at radius 2 is 2.06 bits per heavy atom. The number of nitrogens with zero attached hydrogens (tertiary/aromatic N) is 1. The average Bonchev–Trinajstić information content (AvgIpc) is 2.42. The maximum absolute atomic E-state index is 8.81. The first-order chi connectivity index (χ1) is 8.70. The minimum atomic E-state index is 0.445. The standard InChI is InChI=1S/C15H21N3/c1-11(13-5-3-2-4-6-13)18-15-8-7-12(10-16)9-14(15)17/h7-9,11,13,18H,2-6,17H2,1H3. The van der Waals surface area contributed by atoms with Crippen molar-refractivity contribution < 1.29 is 0 Å². The Morgan fingerprint density at radius 3 is 2.67 bits per heavy atom. The Bertz CT molecular complexity index is 442. The molecule has 0 amide bonds. The second-order valence-corrected chi connectivity index (χ2v) is 5.24. The third kappa shape index (κ3) is 2.95. The summed E-state index contributed by atoms with van der Waals surface area (Å²) in [5, 5.41) is 12.3. The van der Waals surface area contributed by atoms with Crippen LogP contribution in [-0.2, 0) is 0 Å². The summed E-state index contributed by atoms with van der Waals surface area (Å²) in [7, 11) is 0. The highest BCUT2D eigenvalue weighted by atomic mass is 14.9. The number of nitrogens with two attached hydrogens (primary N) is 1. The van der Waals surface area contributed by atoms with Crippen molar-refractivity contribution in [1.82, 2.24) is 0 Å². The van der Waals surface area contributed by atoms with Crippen LogP contribution in [0.15, 0.2) is 18.2 Å². The average molecular weight is 243 g/mol. The van der Waals surface area contributed by atoms with Gasteiger partial charge in [-0.3, -0.25) is 0 Å². The van der Waals surface area contributed by atoms with Crippen LogP contribution in [0.4, 0.5) is 11.4 Å². The van der Waals surface area contributed by atoms with Crippen LogP contribution in [0.25, 0.3) is 0 Å². The molecule has 0 aliphatic heterocycles. The van der Waals surface area contributed by atoms with E-state index in [1.54, 1.807) is 6.07 Å². The number of hydrogen-bond acceptors (Lipinski definition) is 3. The van der Waals surface area contributed by atoms with Crippen LogP contribution in [0, 0.1) is 17.2 Å². The van der Waals surface area contributed by atoms with Gasteiger partial charge in [-0.05, 0) is 43.9 Å². The quantitative estimate of drug-likeness (QED) is 0.798. The van der Waals surface area contributed by atoms with Crippen molar-refractivity contribution >= 4 is 11.4 Å². The van der Waals surface area contributed by atoms with Crippen molar-refractivity contribution in [2.24, 2.45) is 5.92 Å². The van der Waals surface area contributed by atoms with Gasteiger partial charge in [0.1, 0.15) is 0 Å². The Balaban J connectivity index is 2.02. The molecule has 0 heterocycles. The lowest BCUT2D eigenvalue weighted by Gasteiger charge is -2.29. The molecule has 3 nitrogen and oxygen atoms in total. The second-order valence-electron chi connectivity index (χ2n) is 5.24. The smallest absolute Gasteiger partial charge is 0.0992 e. The number of nitrogen functional groups attached to an aromatic ring is 1. The van der Waals surface area contributed by atoms with Crippen molar-refractivity contribution in [2.75, 3.05) is 11.1 Å². The molecule has 0 bridgehead atoms. The molecular formula is C15H21N3. The molecule has 96 valence electrons. The van der Waals surface area contributed by atoms with Crippen molar-refractivity contribution in [3.8, 4) is 6.07 Å². The third-order valence-corrected chi connectivity index (χ3v) is 3.92. The zero-order chi connectivity index (χ0) is 13.0. The van der Waals surface area contributed by atoms with E-state index in [9.17, 15) is 0 Å². The van der Waals surface area contributed by atoms with E-state index in [2.05, 4.69) is 18.3 Å². The monoisotopic (exact) mass is 243 g/mol.